The van der Waals surface area contributed by atoms with E-state index >= 15 is 0 Å². The van der Waals surface area contributed by atoms with Gasteiger partial charge in [-0.05, 0) is 11.4 Å². The van der Waals surface area contributed by atoms with Gasteiger partial charge in [-0.1, -0.05) is 6.07 Å². The first-order valence-corrected chi connectivity index (χ1v) is 11.2. The minimum atomic E-state index is -3.70. The van der Waals surface area contributed by atoms with Crippen LogP contribution >= 0.6 is 22.7 Å². The van der Waals surface area contributed by atoms with Crippen molar-refractivity contribution in [3.05, 3.63) is 33.5 Å². The summed E-state index contributed by atoms with van der Waals surface area (Å²) in [4.78, 5) is 35.9. The fraction of sp³-hybridized carbons (Fsp3) is 0.312. The van der Waals surface area contributed by atoms with Crippen molar-refractivity contribution in [2.45, 2.75) is 17.2 Å². The number of anilines is 1. The molecule has 2 rings (SSSR count). The highest BCUT2D eigenvalue weighted by Gasteiger charge is 2.28. The zero-order chi connectivity index (χ0) is 21.6. The number of hydrogen-bond donors (Lipinski definition) is 2. The molecule has 0 atom stereocenters. The molecule has 2 aromatic heterocycles. The highest BCUT2D eigenvalue weighted by Crippen LogP contribution is 2.33. The molecule has 13 heteroatoms. The summed E-state index contributed by atoms with van der Waals surface area (Å²) in [6.45, 7) is -0.613. The zero-order valence-electron chi connectivity index (χ0n) is 15.4. The van der Waals surface area contributed by atoms with Crippen LogP contribution in [0.4, 0.5) is 5.00 Å². The number of esters is 3. The van der Waals surface area contributed by atoms with Gasteiger partial charge in [0.05, 0.1) is 20.6 Å². The number of nitrogens with one attached hydrogen (secondary N) is 1. The van der Waals surface area contributed by atoms with Gasteiger partial charge >= 0.3 is 17.9 Å². The average Bonchev–Trinajstić information content (AvgIpc) is 3.33. The predicted octanol–water partition coefficient (Wildman–Crippen LogP) is 1.38. The van der Waals surface area contributed by atoms with E-state index in [9.17, 15) is 22.8 Å². The van der Waals surface area contributed by atoms with Crippen molar-refractivity contribution in [3.63, 3.8) is 0 Å². The number of methoxy groups -OCH3 is 2. The van der Waals surface area contributed by atoms with Crippen LogP contribution in [0.15, 0.2) is 21.7 Å². The maximum absolute atomic E-state index is 12.0. The second kappa shape index (κ2) is 9.82. The molecule has 0 unspecified atom stereocenters. The van der Waals surface area contributed by atoms with Crippen LogP contribution in [0.3, 0.4) is 0 Å². The summed E-state index contributed by atoms with van der Waals surface area (Å²) >= 11 is 1.86. The lowest BCUT2D eigenvalue weighted by atomic mass is 10.1. The van der Waals surface area contributed by atoms with E-state index in [2.05, 4.69) is 14.2 Å². The molecule has 0 spiro atoms. The molecule has 29 heavy (non-hydrogen) atoms. The SMILES string of the molecule is COC(=O)c1sc(N)c(C(=O)OC)c1COC(=O)CCNS(=O)(=O)c1cccs1. The van der Waals surface area contributed by atoms with E-state index in [1.165, 1.54) is 6.07 Å². The Morgan fingerprint density at radius 2 is 1.86 bits per heavy atom. The van der Waals surface area contributed by atoms with E-state index in [1.807, 2.05) is 0 Å². The molecule has 10 nitrogen and oxygen atoms in total. The normalized spacial score (nSPS) is 11.1. The molecule has 3 N–H and O–H groups in total. The minimum Gasteiger partial charge on any atom is -0.465 e. The van der Waals surface area contributed by atoms with Crippen LogP contribution in [0.2, 0.25) is 0 Å². The highest BCUT2D eigenvalue weighted by molar-refractivity contribution is 7.91. The zero-order valence-corrected chi connectivity index (χ0v) is 17.9. The number of carbonyl (C=O) groups excluding carboxylic acids is 3. The number of ether oxygens (including phenoxy) is 3. The van der Waals surface area contributed by atoms with Crippen LogP contribution in [0, 0.1) is 0 Å². The van der Waals surface area contributed by atoms with Crippen molar-refractivity contribution in [2.75, 3.05) is 26.5 Å². The van der Waals surface area contributed by atoms with Crippen LogP contribution < -0.4 is 10.5 Å². The van der Waals surface area contributed by atoms with E-state index in [0.717, 1.165) is 36.9 Å². The molecule has 0 aliphatic rings. The Hall–Kier alpha value is -2.48. The maximum atomic E-state index is 12.0. The molecule has 0 bridgehead atoms. The van der Waals surface area contributed by atoms with Gasteiger partial charge in [0.2, 0.25) is 10.0 Å². The molecule has 0 aromatic carbocycles. The Balaban J connectivity index is 2.02. The van der Waals surface area contributed by atoms with Crippen molar-refractivity contribution in [2.24, 2.45) is 0 Å². The highest BCUT2D eigenvalue weighted by atomic mass is 32.2. The second-order valence-electron chi connectivity index (χ2n) is 5.37. The Labute approximate surface area is 174 Å². The summed E-state index contributed by atoms with van der Waals surface area (Å²) in [5.41, 5.74) is 5.77. The summed E-state index contributed by atoms with van der Waals surface area (Å²) < 4.78 is 40.8. The van der Waals surface area contributed by atoms with E-state index in [0.29, 0.717) is 0 Å². The minimum absolute atomic E-state index is 0.0107. The van der Waals surface area contributed by atoms with Gasteiger partial charge in [0.25, 0.3) is 0 Å². The number of nitrogens with two attached hydrogens (primary N) is 1. The molecule has 0 aliphatic carbocycles. The third-order valence-electron chi connectivity index (χ3n) is 3.55. The number of nitrogen functional groups attached to an aromatic ring is 1. The van der Waals surface area contributed by atoms with Crippen molar-refractivity contribution >= 4 is 55.6 Å². The summed E-state index contributed by atoms with van der Waals surface area (Å²) in [5.74, 6) is -2.27. The molecular weight excluding hydrogens is 444 g/mol. The van der Waals surface area contributed by atoms with Gasteiger partial charge in [-0.15, -0.1) is 22.7 Å². The molecule has 0 saturated carbocycles. The third kappa shape index (κ3) is 5.53. The third-order valence-corrected chi connectivity index (χ3v) is 7.45. The second-order valence-corrected chi connectivity index (χ2v) is 9.37. The molecule has 0 amide bonds. The number of hydrogen-bond acceptors (Lipinski definition) is 11. The lowest BCUT2D eigenvalue weighted by molar-refractivity contribution is -0.144. The van der Waals surface area contributed by atoms with Crippen LogP contribution in [-0.2, 0) is 35.6 Å². The number of carbonyl (C=O) groups is 3. The van der Waals surface area contributed by atoms with Gasteiger partial charge in [-0.2, -0.15) is 0 Å². The standard InChI is InChI=1S/C16H18N2O8S3/c1-24-15(20)12-9(13(16(21)25-2)28-14(12)17)8-26-10(19)5-6-18-29(22,23)11-4-3-7-27-11/h3-4,7,18H,5-6,8,17H2,1-2H3. The van der Waals surface area contributed by atoms with E-state index in [1.54, 1.807) is 11.4 Å². The van der Waals surface area contributed by atoms with Crippen molar-refractivity contribution in [1.29, 1.82) is 0 Å². The maximum Gasteiger partial charge on any atom is 0.348 e. The van der Waals surface area contributed by atoms with Gasteiger partial charge < -0.3 is 19.9 Å². The lowest BCUT2D eigenvalue weighted by Crippen LogP contribution is -2.26. The summed E-state index contributed by atoms with van der Waals surface area (Å²) in [6, 6.07) is 3.03. The molecule has 0 saturated heterocycles. The van der Waals surface area contributed by atoms with Crippen molar-refractivity contribution in [3.8, 4) is 0 Å². The Morgan fingerprint density at radius 3 is 2.45 bits per heavy atom. The first-order valence-electron chi connectivity index (χ1n) is 7.97. The smallest absolute Gasteiger partial charge is 0.348 e. The molecule has 158 valence electrons. The topological polar surface area (TPSA) is 151 Å². The fourth-order valence-corrected chi connectivity index (χ4v) is 5.25. The summed E-state index contributed by atoms with van der Waals surface area (Å²) in [6.07, 6.45) is -0.259. The first-order chi connectivity index (χ1) is 13.7. The van der Waals surface area contributed by atoms with E-state index in [-0.39, 0.29) is 38.2 Å². The number of thiophene rings is 2. The van der Waals surface area contributed by atoms with Gasteiger partial charge in [-0.25, -0.2) is 22.7 Å². The molecule has 0 radical (unpaired) electrons. The van der Waals surface area contributed by atoms with Crippen LogP contribution in [0.5, 0.6) is 0 Å². The summed E-state index contributed by atoms with van der Waals surface area (Å²) in [5, 5.41) is 1.64. The van der Waals surface area contributed by atoms with Gasteiger partial charge in [0, 0.05) is 12.1 Å². The average molecular weight is 463 g/mol. The Kier molecular flexibility index (Phi) is 7.73. The van der Waals surface area contributed by atoms with Crippen LogP contribution in [0.25, 0.3) is 0 Å². The number of rotatable bonds is 9. The van der Waals surface area contributed by atoms with Crippen molar-refractivity contribution in [1.82, 2.24) is 4.72 Å². The van der Waals surface area contributed by atoms with Crippen molar-refractivity contribution < 1.29 is 37.0 Å². The molecule has 0 aliphatic heterocycles. The van der Waals surface area contributed by atoms with Crippen LogP contribution in [0.1, 0.15) is 32.0 Å². The fourth-order valence-electron chi connectivity index (χ4n) is 2.21. The van der Waals surface area contributed by atoms with Gasteiger partial charge in [0.15, 0.2) is 0 Å². The lowest BCUT2D eigenvalue weighted by Gasteiger charge is -2.08. The number of sulfonamides is 1. The Bertz CT molecular complexity index is 996. The molecule has 2 aromatic rings. The van der Waals surface area contributed by atoms with Crippen LogP contribution in [-0.4, -0.2) is 47.1 Å². The Morgan fingerprint density at radius 1 is 1.17 bits per heavy atom. The predicted molar refractivity (Wildman–Crippen MR) is 105 cm³/mol. The monoisotopic (exact) mass is 462 g/mol. The largest absolute Gasteiger partial charge is 0.465 e. The molecular formula is C16H18N2O8S3. The molecule has 0 fully saturated rings. The van der Waals surface area contributed by atoms with E-state index < -0.39 is 34.5 Å². The van der Waals surface area contributed by atoms with Gasteiger partial charge in [0.1, 0.15) is 26.3 Å². The summed E-state index contributed by atoms with van der Waals surface area (Å²) in [7, 11) is -1.39. The quantitative estimate of drug-likeness (QED) is 0.416. The van der Waals surface area contributed by atoms with E-state index in [4.69, 9.17) is 10.5 Å². The molecule has 2 heterocycles. The first kappa shape index (κ1) is 22.8. The van der Waals surface area contributed by atoms with Gasteiger partial charge in [-0.3, -0.25) is 4.79 Å².